The van der Waals surface area contributed by atoms with Crippen molar-refractivity contribution in [2.45, 2.75) is 43.1 Å². The Morgan fingerprint density at radius 3 is 2.06 bits per heavy atom. The molecule has 0 spiro atoms. The highest BCUT2D eigenvalue weighted by molar-refractivity contribution is 7.85. The van der Waals surface area contributed by atoms with E-state index in [9.17, 15) is 33.0 Å². The number of rotatable bonds is 6. The Hall–Kier alpha value is -4.46. The van der Waals surface area contributed by atoms with Crippen molar-refractivity contribution in [3.05, 3.63) is 107 Å². The number of halogens is 2. The Morgan fingerprint density at radius 2 is 1.43 bits per heavy atom. The molecule has 1 heterocycles. The average molecular weight is 731 g/mol. The van der Waals surface area contributed by atoms with Crippen LogP contribution in [0.2, 0.25) is 10.0 Å². The lowest BCUT2D eigenvalue weighted by atomic mass is 9.78. The molecular weight excluding hydrogens is 697 g/mol. The van der Waals surface area contributed by atoms with E-state index in [0.29, 0.717) is 50.7 Å². The fourth-order valence-electron chi connectivity index (χ4n) is 5.31. The van der Waals surface area contributed by atoms with Crippen LogP contribution < -0.4 is 5.32 Å². The Kier molecular flexibility index (Phi) is 12.1. The maximum absolute atomic E-state index is 12.3. The van der Waals surface area contributed by atoms with Crippen molar-refractivity contribution in [3.8, 4) is 0 Å². The number of amides is 1. The fraction of sp³-hybridized carbons (Fsp3) is 0.229. The molecule has 6 rings (SSSR count). The molecule has 3 unspecified atom stereocenters. The van der Waals surface area contributed by atoms with E-state index in [2.05, 4.69) is 5.32 Å². The number of carbonyl (C=O) groups excluding carboxylic acids is 1. The summed E-state index contributed by atoms with van der Waals surface area (Å²) in [5.41, 5.74) is 0.298. The molecule has 3 atom stereocenters. The lowest BCUT2D eigenvalue weighted by Gasteiger charge is -2.27. The van der Waals surface area contributed by atoms with Gasteiger partial charge in [0.2, 0.25) is 5.91 Å². The summed E-state index contributed by atoms with van der Waals surface area (Å²) in [6.07, 6.45) is 2.83. The van der Waals surface area contributed by atoms with Crippen molar-refractivity contribution >= 4 is 78.8 Å². The van der Waals surface area contributed by atoms with Crippen LogP contribution in [0, 0.1) is 11.8 Å². The second kappa shape index (κ2) is 15.8. The summed E-state index contributed by atoms with van der Waals surface area (Å²) in [6.45, 7) is 1.25. The zero-order valence-corrected chi connectivity index (χ0v) is 28.4. The molecule has 1 saturated carbocycles. The molecule has 4 aromatic carbocycles. The summed E-state index contributed by atoms with van der Waals surface area (Å²) in [7, 11) is -4.18. The summed E-state index contributed by atoms with van der Waals surface area (Å²) in [6, 6.07) is 24.7. The van der Waals surface area contributed by atoms with Gasteiger partial charge >= 0.3 is 11.9 Å². The maximum atomic E-state index is 12.3. The number of aliphatic hydroxyl groups is 1. The molecule has 1 fully saturated rings. The third kappa shape index (κ3) is 9.37. The zero-order valence-electron chi connectivity index (χ0n) is 26.0. The van der Waals surface area contributed by atoms with Gasteiger partial charge in [0.25, 0.3) is 10.1 Å². The lowest BCUT2D eigenvalue weighted by molar-refractivity contribution is -0.157. The van der Waals surface area contributed by atoms with Crippen LogP contribution in [-0.4, -0.2) is 46.1 Å². The summed E-state index contributed by atoms with van der Waals surface area (Å²) in [4.78, 5) is 33.9. The van der Waals surface area contributed by atoms with E-state index in [1.165, 1.54) is 19.1 Å². The summed E-state index contributed by atoms with van der Waals surface area (Å²) >= 11 is 11.8. The number of anilines is 1. The van der Waals surface area contributed by atoms with Crippen molar-refractivity contribution in [2.75, 3.05) is 5.32 Å². The van der Waals surface area contributed by atoms with Crippen LogP contribution in [0.15, 0.2) is 100 Å². The molecule has 5 aromatic rings. The van der Waals surface area contributed by atoms with E-state index in [-0.39, 0.29) is 10.8 Å². The SMILES string of the molecule is CC(O)(C(=O)O)c1ccccc1.O=C(O)C1CCCCC1C(=O)Nc1cc(Cl)ccc1Cl.O=S(=O)(O)c1ccc2oc3ccccc3c2c1. The van der Waals surface area contributed by atoms with Crippen LogP contribution in [0.4, 0.5) is 5.69 Å². The molecule has 1 amide bonds. The first kappa shape index (κ1) is 37.4. The van der Waals surface area contributed by atoms with E-state index in [4.69, 9.17) is 37.3 Å². The topological polar surface area (TPSA) is 191 Å². The van der Waals surface area contributed by atoms with E-state index in [0.717, 1.165) is 18.2 Å². The van der Waals surface area contributed by atoms with Crippen LogP contribution in [-0.2, 0) is 30.1 Å². The average Bonchev–Trinajstić information content (AvgIpc) is 3.45. The number of furan rings is 1. The van der Waals surface area contributed by atoms with Gasteiger partial charge < -0.3 is 25.1 Å². The van der Waals surface area contributed by atoms with Gasteiger partial charge in [0.1, 0.15) is 11.2 Å². The maximum Gasteiger partial charge on any atom is 0.340 e. The van der Waals surface area contributed by atoms with Crippen molar-refractivity contribution in [2.24, 2.45) is 11.8 Å². The molecule has 11 nitrogen and oxygen atoms in total. The second-order valence-electron chi connectivity index (χ2n) is 11.4. The number of carboxylic acids is 2. The van der Waals surface area contributed by atoms with Crippen molar-refractivity contribution in [1.82, 2.24) is 0 Å². The Morgan fingerprint density at radius 1 is 0.816 bits per heavy atom. The second-order valence-corrected chi connectivity index (χ2v) is 13.7. The minimum atomic E-state index is -4.18. The molecule has 14 heteroatoms. The van der Waals surface area contributed by atoms with Gasteiger partial charge in [-0.2, -0.15) is 8.42 Å². The third-order valence-corrected chi connectivity index (χ3v) is 9.42. The Labute approximate surface area is 291 Å². The van der Waals surface area contributed by atoms with Gasteiger partial charge in [0.05, 0.1) is 27.4 Å². The highest BCUT2D eigenvalue weighted by Crippen LogP contribution is 2.33. The number of nitrogens with one attached hydrogen (secondary N) is 1. The number of aliphatic carboxylic acids is 2. The predicted octanol–water partition coefficient (Wildman–Crippen LogP) is 7.63. The number of fused-ring (bicyclic) bond motifs is 3. The number of carbonyl (C=O) groups is 3. The minimum absolute atomic E-state index is 0.128. The number of carboxylic acid groups (broad SMARTS) is 2. The first-order valence-corrected chi connectivity index (χ1v) is 17.2. The molecule has 258 valence electrons. The fourth-order valence-corrected chi connectivity index (χ4v) is 6.15. The van der Waals surface area contributed by atoms with Gasteiger partial charge in [-0.1, -0.05) is 84.6 Å². The Bertz CT molecular complexity index is 2080. The van der Waals surface area contributed by atoms with Crippen LogP contribution >= 0.6 is 23.2 Å². The van der Waals surface area contributed by atoms with Crippen molar-refractivity contribution < 1.29 is 47.1 Å². The Balaban J connectivity index is 0.000000171. The van der Waals surface area contributed by atoms with E-state index < -0.39 is 39.5 Å². The minimum Gasteiger partial charge on any atom is -0.481 e. The number of benzene rings is 4. The molecule has 1 aromatic heterocycles. The normalized spacial score (nSPS) is 17.1. The predicted molar refractivity (Wildman–Crippen MR) is 185 cm³/mol. The molecular formula is C35H33Cl2NO10S. The molecule has 0 saturated heterocycles. The van der Waals surface area contributed by atoms with E-state index >= 15 is 0 Å². The first-order valence-electron chi connectivity index (χ1n) is 15.0. The quantitative estimate of drug-likeness (QED) is 0.109. The number of hydrogen-bond donors (Lipinski definition) is 5. The van der Waals surface area contributed by atoms with Crippen LogP contribution in [0.25, 0.3) is 21.9 Å². The van der Waals surface area contributed by atoms with Crippen LogP contribution in [0.1, 0.15) is 38.2 Å². The van der Waals surface area contributed by atoms with Crippen molar-refractivity contribution in [3.63, 3.8) is 0 Å². The van der Waals surface area contributed by atoms with Gasteiger partial charge in [-0.05, 0) is 67.8 Å². The van der Waals surface area contributed by atoms with E-state index in [1.54, 1.807) is 54.6 Å². The molecule has 0 radical (unpaired) electrons. The van der Waals surface area contributed by atoms with Gasteiger partial charge in [0.15, 0.2) is 5.60 Å². The summed E-state index contributed by atoms with van der Waals surface area (Å²) in [5, 5.41) is 32.3. The highest BCUT2D eigenvalue weighted by Gasteiger charge is 2.36. The molecule has 1 aliphatic rings. The summed E-state index contributed by atoms with van der Waals surface area (Å²) in [5.74, 6) is -3.60. The molecule has 49 heavy (non-hydrogen) atoms. The van der Waals surface area contributed by atoms with Crippen molar-refractivity contribution in [1.29, 1.82) is 0 Å². The smallest absolute Gasteiger partial charge is 0.340 e. The zero-order chi connectivity index (χ0) is 35.9. The van der Waals surface area contributed by atoms with Gasteiger partial charge in [-0.3, -0.25) is 14.1 Å². The van der Waals surface area contributed by atoms with E-state index in [1.807, 2.05) is 24.3 Å². The van der Waals surface area contributed by atoms with Gasteiger partial charge in [0, 0.05) is 15.8 Å². The monoisotopic (exact) mass is 729 g/mol. The largest absolute Gasteiger partial charge is 0.481 e. The van der Waals surface area contributed by atoms with Crippen LogP contribution in [0.3, 0.4) is 0 Å². The third-order valence-electron chi connectivity index (χ3n) is 8.00. The lowest BCUT2D eigenvalue weighted by Crippen LogP contribution is -2.36. The number of hydrogen-bond acceptors (Lipinski definition) is 7. The molecule has 5 N–H and O–H groups in total. The summed E-state index contributed by atoms with van der Waals surface area (Å²) < 4.78 is 36.7. The molecule has 0 aliphatic heterocycles. The first-order chi connectivity index (χ1) is 23.1. The van der Waals surface area contributed by atoms with Gasteiger partial charge in [-0.25, -0.2) is 4.79 Å². The standard InChI is InChI=1S/C14H15Cl2NO3.C12H8O4S.C9H10O3/c15-8-5-6-11(16)12(7-8)17-13(18)9-3-1-2-4-10(9)14(19)20;13-17(14,15)8-5-6-12-10(7-8)9-3-1-2-4-11(9)16-12;1-9(12,8(10)11)7-5-3-2-4-6-7/h5-7,9-10H,1-4H2,(H,17,18)(H,19,20);1-7H,(H,13,14,15);2-6,12H,1H3,(H,10,11). The highest BCUT2D eigenvalue weighted by atomic mass is 35.5. The van der Waals surface area contributed by atoms with Gasteiger partial charge in [-0.15, -0.1) is 0 Å². The number of para-hydroxylation sites is 1. The molecule has 0 bridgehead atoms. The molecule has 1 aliphatic carbocycles. The van der Waals surface area contributed by atoms with Crippen LogP contribution in [0.5, 0.6) is 0 Å².